The van der Waals surface area contributed by atoms with Crippen LogP contribution in [-0.2, 0) is 11.4 Å². The van der Waals surface area contributed by atoms with Gasteiger partial charge in [0.25, 0.3) is 0 Å². The minimum atomic E-state index is 0.417. The van der Waals surface area contributed by atoms with E-state index in [0.29, 0.717) is 11.8 Å². The number of hydrogen-bond donors (Lipinski definition) is 0. The van der Waals surface area contributed by atoms with Crippen molar-refractivity contribution in [2.75, 3.05) is 0 Å². The quantitative estimate of drug-likeness (QED) is 0.499. The summed E-state index contributed by atoms with van der Waals surface area (Å²) >= 11 is 6.43. The van der Waals surface area contributed by atoms with Gasteiger partial charge in [-0.15, -0.1) is 0 Å². The molecule has 1 heterocycles. The Balaban J connectivity index is 1.71. The van der Waals surface area contributed by atoms with Crippen LogP contribution in [0.15, 0.2) is 59.8 Å². The Kier molecular flexibility index (Phi) is 4.96. The number of halogens is 1. The molecule has 0 bridgehead atoms. The second-order valence-corrected chi connectivity index (χ2v) is 5.89. The highest BCUT2D eigenvalue weighted by molar-refractivity contribution is 6.32. The van der Waals surface area contributed by atoms with E-state index in [1.54, 1.807) is 10.9 Å². The molecule has 0 spiro atoms. The molecule has 2 aromatic carbocycles. The molecule has 0 radical (unpaired) electrons. The molecule has 0 saturated heterocycles. The third-order valence-corrected chi connectivity index (χ3v) is 4.02. The van der Waals surface area contributed by atoms with Gasteiger partial charge in [-0.05, 0) is 31.5 Å². The summed E-state index contributed by atoms with van der Waals surface area (Å²) < 4.78 is 1.69. The summed E-state index contributed by atoms with van der Waals surface area (Å²) in [5.74, 6) is 0. The first kappa shape index (κ1) is 16.3. The van der Waals surface area contributed by atoms with Crippen molar-refractivity contribution in [1.29, 1.82) is 0 Å². The van der Waals surface area contributed by atoms with Gasteiger partial charge in [-0.25, -0.2) is 4.68 Å². The SMILES string of the molecule is Cc1ccc(CO/N=C/c2c(C)nn(-c3ccccc3)c2Cl)cc1. The topological polar surface area (TPSA) is 39.4 Å². The lowest BCUT2D eigenvalue weighted by Gasteiger charge is -2.02. The van der Waals surface area contributed by atoms with Crippen LogP contribution in [-0.4, -0.2) is 16.0 Å². The van der Waals surface area contributed by atoms with E-state index in [1.165, 1.54) is 5.56 Å². The Morgan fingerprint density at radius 1 is 1.08 bits per heavy atom. The van der Waals surface area contributed by atoms with Crippen LogP contribution in [0.2, 0.25) is 5.15 Å². The maximum atomic E-state index is 6.43. The molecule has 3 aromatic rings. The molecule has 0 aliphatic carbocycles. The van der Waals surface area contributed by atoms with Crippen molar-refractivity contribution in [2.24, 2.45) is 5.16 Å². The molecule has 0 unspecified atom stereocenters. The van der Waals surface area contributed by atoms with Gasteiger partial charge < -0.3 is 4.84 Å². The number of hydrogen-bond acceptors (Lipinski definition) is 3. The first-order valence-corrected chi connectivity index (χ1v) is 8.04. The van der Waals surface area contributed by atoms with Gasteiger partial charge in [-0.2, -0.15) is 5.10 Å². The van der Waals surface area contributed by atoms with Gasteiger partial charge in [0.1, 0.15) is 11.8 Å². The zero-order valence-electron chi connectivity index (χ0n) is 13.6. The van der Waals surface area contributed by atoms with Gasteiger partial charge in [0.05, 0.1) is 23.2 Å². The number of aromatic nitrogens is 2. The summed E-state index contributed by atoms with van der Waals surface area (Å²) in [6.07, 6.45) is 1.61. The van der Waals surface area contributed by atoms with Crippen molar-refractivity contribution >= 4 is 17.8 Å². The fourth-order valence-corrected chi connectivity index (χ4v) is 2.61. The molecule has 3 rings (SSSR count). The Labute approximate surface area is 146 Å². The minimum Gasteiger partial charge on any atom is -0.391 e. The standard InChI is InChI=1S/C19H18ClN3O/c1-14-8-10-16(11-9-14)13-24-21-12-18-15(2)22-23(19(18)20)17-6-4-3-5-7-17/h3-12H,13H2,1-2H3/b21-12+. The van der Waals surface area contributed by atoms with Gasteiger partial charge >= 0.3 is 0 Å². The molecular weight excluding hydrogens is 322 g/mol. The summed E-state index contributed by atoms with van der Waals surface area (Å²) in [6, 6.07) is 17.9. The van der Waals surface area contributed by atoms with E-state index in [0.717, 1.165) is 22.5 Å². The second-order valence-electron chi connectivity index (χ2n) is 5.53. The van der Waals surface area contributed by atoms with E-state index in [9.17, 15) is 0 Å². The zero-order valence-corrected chi connectivity index (χ0v) is 14.4. The predicted molar refractivity (Wildman–Crippen MR) is 96.9 cm³/mol. The molecule has 0 N–H and O–H groups in total. The normalized spacial score (nSPS) is 11.1. The summed E-state index contributed by atoms with van der Waals surface area (Å²) in [7, 11) is 0. The molecule has 0 fully saturated rings. The maximum absolute atomic E-state index is 6.43. The van der Waals surface area contributed by atoms with Gasteiger partial charge in [0.2, 0.25) is 0 Å². The number of rotatable bonds is 5. The van der Waals surface area contributed by atoms with Crippen LogP contribution in [0.1, 0.15) is 22.4 Å². The van der Waals surface area contributed by atoms with E-state index in [-0.39, 0.29) is 0 Å². The number of benzene rings is 2. The molecule has 0 saturated carbocycles. The van der Waals surface area contributed by atoms with E-state index in [4.69, 9.17) is 16.4 Å². The number of aryl methyl sites for hydroxylation is 2. The van der Waals surface area contributed by atoms with Gasteiger partial charge in [-0.3, -0.25) is 0 Å². The first-order chi connectivity index (χ1) is 11.6. The number of oxime groups is 1. The fraction of sp³-hybridized carbons (Fsp3) is 0.158. The maximum Gasteiger partial charge on any atom is 0.142 e. The van der Waals surface area contributed by atoms with Crippen molar-refractivity contribution in [3.8, 4) is 5.69 Å². The van der Waals surface area contributed by atoms with Crippen LogP contribution in [0.5, 0.6) is 0 Å². The van der Waals surface area contributed by atoms with Crippen LogP contribution < -0.4 is 0 Å². The highest BCUT2D eigenvalue weighted by atomic mass is 35.5. The third-order valence-electron chi connectivity index (χ3n) is 3.66. The Morgan fingerprint density at radius 3 is 2.50 bits per heavy atom. The van der Waals surface area contributed by atoms with Crippen molar-refractivity contribution in [3.63, 3.8) is 0 Å². The van der Waals surface area contributed by atoms with Gasteiger partial charge in [0, 0.05) is 0 Å². The average Bonchev–Trinajstić information content (AvgIpc) is 2.89. The second kappa shape index (κ2) is 7.32. The first-order valence-electron chi connectivity index (χ1n) is 7.66. The number of para-hydroxylation sites is 1. The highest BCUT2D eigenvalue weighted by Gasteiger charge is 2.12. The van der Waals surface area contributed by atoms with Crippen molar-refractivity contribution < 1.29 is 4.84 Å². The lowest BCUT2D eigenvalue weighted by atomic mass is 10.2. The van der Waals surface area contributed by atoms with Crippen molar-refractivity contribution in [3.05, 3.63) is 82.1 Å². The van der Waals surface area contributed by atoms with Crippen LogP contribution in [0.25, 0.3) is 5.69 Å². The molecule has 0 aliphatic rings. The summed E-state index contributed by atoms with van der Waals surface area (Å²) in [5.41, 5.74) is 4.75. The van der Waals surface area contributed by atoms with Crippen molar-refractivity contribution in [2.45, 2.75) is 20.5 Å². The lowest BCUT2D eigenvalue weighted by Crippen LogP contribution is -1.96. The molecule has 24 heavy (non-hydrogen) atoms. The van der Waals surface area contributed by atoms with Crippen LogP contribution in [0.3, 0.4) is 0 Å². The van der Waals surface area contributed by atoms with E-state index in [1.807, 2.05) is 61.5 Å². The Morgan fingerprint density at radius 2 is 1.79 bits per heavy atom. The Bertz CT molecular complexity index is 839. The summed E-state index contributed by atoms with van der Waals surface area (Å²) in [6.45, 7) is 4.37. The smallest absolute Gasteiger partial charge is 0.142 e. The van der Waals surface area contributed by atoms with E-state index in [2.05, 4.69) is 17.2 Å². The fourth-order valence-electron chi connectivity index (χ4n) is 2.28. The molecule has 4 nitrogen and oxygen atoms in total. The van der Waals surface area contributed by atoms with Gasteiger partial charge in [-0.1, -0.05) is 64.8 Å². The Hall–Kier alpha value is -2.59. The van der Waals surface area contributed by atoms with Crippen LogP contribution in [0, 0.1) is 13.8 Å². The average molecular weight is 340 g/mol. The molecular formula is C19H18ClN3O. The molecule has 0 amide bonds. The minimum absolute atomic E-state index is 0.417. The van der Waals surface area contributed by atoms with E-state index < -0.39 is 0 Å². The van der Waals surface area contributed by atoms with Crippen molar-refractivity contribution in [1.82, 2.24) is 9.78 Å². The predicted octanol–water partition coefficient (Wildman–Crippen LogP) is 4.69. The van der Waals surface area contributed by atoms with E-state index >= 15 is 0 Å². The van der Waals surface area contributed by atoms with Crippen LogP contribution in [0.4, 0.5) is 0 Å². The zero-order chi connectivity index (χ0) is 16.9. The molecule has 5 heteroatoms. The number of nitrogens with zero attached hydrogens (tertiary/aromatic N) is 3. The molecule has 0 atom stereocenters. The third kappa shape index (κ3) is 3.66. The largest absolute Gasteiger partial charge is 0.391 e. The summed E-state index contributed by atoms with van der Waals surface area (Å²) in [5, 5.41) is 9.01. The molecule has 0 aliphatic heterocycles. The van der Waals surface area contributed by atoms with Gasteiger partial charge in [0.15, 0.2) is 0 Å². The lowest BCUT2D eigenvalue weighted by molar-refractivity contribution is 0.132. The summed E-state index contributed by atoms with van der Waals surface area (Å²) in [4.78, 5) is 5.36. The highest BCUT2D eigenvalue weighted by Crippen LogP contribution is 2.22. The molecule has 122 valence electrons. The van der Waals surface area contributed by atoms with Crippen LogP contribution >= 0.6 is 11.6 Å². The molecule has 1 aromatic heterocycles. The monoisotopic (exact) mass is 339 g/mol.